The fraction of sp³-hybridized carbons (Fsp3) is 0.500. The first kappa shape index (κ1) is 60.8. The first-order valence-electron chi connectivity index (χ1n) is 27.5. The van der Waals surface area contributed by atoms with E-state index in [1.807, 2.05) is 60.7 Å². The van der Waals surface area contributed by atoms with Crippen LogP contribution in [0.15, 0.2) is 121 Å². The van der Waals surface area contributed by atoms with Crippen molar-refractivity contribution < 1.29 is 27.9 Å². The summed E-state index contributed by atoms with van der Waals surface area (Å²) in [6.45, 7) is 52.6. The van der Waals surface area contributed by atoms with Gasteiger partial charge in [-0.25, -0.2) is 0 Å². The predicted octanol–water partition coefficient (Wildman–Crippen LogP) is 19.9. The van der Waals surface area contributed by atoms with Gasteiger partial charge >= 0.3 is 20.8 Å². The zero-order valence-electron chi connectivity index (χ0n) is 51.2. The Hall–Kier alpha value is -4.44. The van der Waals surface area contributed by atoms with Crippen LogP contribution in [0.1, 0.15) is 223 Å². The number of benzene rings is 5. The Kier molecular flexibility index (Phi) is 16.5. The summed E-state index contributed by atoms with van der Waals surface area (Å²) in [5.41, 5.74) is 7.53. The molecule has 6 nitrogen and oxygen atoms in total. The maximum Gasteiger partial charge on any atom is 0.602 e. The predicted molar refractivity (Wildman–Crippen MR) is 327 cm³/mol. The summed E-state index contributed by atoms with van der Waals surface area (Å²) in [4.78, 5) is 26.2. The molecule has 0 saturated heterocycles. The molecular formula is C68H96O6P2+2. The summed E-state index contributed by atoms with van der Waals surface area (Å²) in [7, 11) is -9.41. The third-order valence-corrected chi connectivity index (χ3v) is 20.6. The summed E-state index contributed by atoms with van der Waals surface area (Å²) in [5.74, 6) is 1.95. The Morgan fingerprint density at radius 3 is 0.908 bits per heavy atom. The Balaban J connectivity index is 1.87. The van der Waals surface area contributed by atoms with E-state index in [2.05, 4.69) is 227 Å². The lowest BCUT2D eigenvalue weighted by Crippen LogP contribution is -2.43. The van der Waals surface area contributed by atoms with E-state index in [1.54, 1.807) is 0 Å². The lowest BCUT2D eigenvalue weighted by Gasteiger charge is -2.39. The van der Waals surface area contributed by atoms with Crippen LogP contribution in [0, 0.1) is 0 Å². The van der Waals surface area contributed by atoms with Crippen molar-refractivity contribution in [3.8, 4) is 23.0 Å². The molecule has 2 N–H and O–H groups in total. The summed E-state index contributed by atoms with van der Waals surface area (Å²) >= 11 is 0. The van der Waals surface area contributed by atoms with Gasteiger partial charge in [-0.3, -0.25) is 18.1 Å². The van der Waals surface area contributed by atoms with Gasteiger partial charge < -0.3 is 0 Å². The minimum atomic E-state index is -4.91. The average Bonchev–Trinajstić information content (AvgIpc) is 3.26. The van der Waals surface area contributed by atoms with Gasteiger partial charge in [-0.2, -0.15) is 9.79 Å². The molecule has 8 heteroatoms. The summed E-state index contributed by atoms with van der Waals surface area (Å²) in [5, 5.41) is 0. The van der Waals surface area contributed by atoms with Crippen LogP contribution in [0.25, 0.3) is 5.57 Å². The van der Waals surface area contributed by atoms with Crippen LogP contribution < -0.4 is 18.1 Å². The van der Waals surface area contributed by atoms with Gasteiger partial charge in [0.2, 0.25) is 0 Å². The molecule has 1 atom stereocenters. The van der Waals surface area contributed by atoms with Crippen LogP contribution in [0.4, 0.5) is 0 Å². The van der Waals surface area contributed by atoms with Gasteiger partial charge in [-0.15, -0.1) is 0 Å². The monoisotopic (exact) mass is 1070 g/mol. The molecule has 0 heterocycles. The number of hydrogen-bond donors (Lipinski definition) is 2. The molecule has 1 unspecified atom stereocenters. The third-order valence-electron chi connectivity index (χ3n) is 14.7. The molecule has 1 aliphatic carbocycles. The molecular weight excluding hydrogens is 975 g/mol. The Bertz CT molecular complexity index is 2750. The van der Waals surface area contributed by atoms with Crippen molar-refractivity contribution >= 4 is 21.5 Å². The highest BCUT2D eigenvalue weighted by atomic mass is 31.3. The first-order chi connectivity index (χ1) is 34.4. The lowest BCUT2D eigenvalue weighted by atomic mass is 9.80. The zero-order chi connectivity index (χ0) is 57.3. The minimum absolute atomic E-state index is 0.0218. The topological polar surface area (TPSA) is 77.4 Å². The Labute approximate surface area is 462 Å². The van der Waals surface area contributed by atoms with E-state index in [4.69, 9.17) is 18.1 Å². The Morgan fingerprint density at radius 1 is 0.368 bits per heavy atom. The van der Waals surface area contributed by atoms with Crippen LogP contribution in [0.2, 0.25) is 0 Å². The third kappa shape index (κ3) is 13.2. The molecule has 0 spiro atoms. The molecule has 412 valence electrons. The molecule has 6 rings (SSSR count). The van der Waals surface area contributed by atoms with Crippen molar-refractivity contribution in [3.63, 3.8) is 0 Å². The van der Waals surface area contributed by atoms with Crippen LogP contribution in [0.3, 0.4) is 0 Å². The maximum absolute atomic E-state index is 14.1. The van der Waals surface area contributed by atoms with Crippen molar-refractivity contribution in [1.29, 1.82) is 0 Å². The normalized spacial score (nSPS) is 16.6. The standard InChI is InChI=1S/C68H96O6P2/c1-60(2,3)48-30-34-56(52(42-48)64(13,14)15)71-75(69,70)68(40-38-47(39-41-68)46-28-26-25-27-29-46)76(72-57-35-31-49(61(4,5)6)43-53(57)65(16,17)18,73-58-36-32-50(62(7,8)9)44-54(58)66(19,20)21)74-59-37-33-51(63(10,11)12)45-55(59)67(22,23)24/h25-40,42-45,69-70H,41H2,1-24H3/q+2. The van der Waals surface area contributed by atoms with Crippen LogP contribution in [-0.4, -0.2) is 14.7 Å². The highest BCUT2D eigenvalue weighted by Gasteiger charge is 2.87. The van der Waals surface area contributed by atoms with Gasteiger partial charge in [-0.05, 0) is 107 Å². The number of allylic oxidation sites excluding steroid dienone is 4. The smallest absolute Gasteiger partial charge is 0.282 e. The molecule has 0 bridgehead atoms. The van der Waals surface area contributed by atoms with Gasteiger partial charge in [0.15, 0.2) is 23.0 Å². The fourth-order valence-electron chi connectivity index (χ4n) is 9.59. The number of hydrogen-bond acceptors (Lipinski definition) is 6. The van der Waals surface area contributed by atoms with Crippen molar-refractivity contribution in [2.45, 2.75) is 221 Å². The van der Waals surface area contributed by atoms with E-state index in [0.717, 1.165) is 55.6 Å². The van der Waals surface area contributed by atoms with E-state index < -0.39 is 42.4 Å². The zero-order valence-corrected chi connectivity index (χ0v) is 53.0. The molecule has 5 aromatic carbocycles. The van der Waals surface area contributed by atoms with E-state index >= 15 is 0 Å². The van der Waals surface area contributed by atoms with Gasteiger partial charge in [0.25, 0.3) is 0 Å². The second-order valence-corrected chi connectivity index (χ2v) is 34.5. The summed E-state index contributed by atoms with van der Waals surface area (Å²) < 4.78 is 31.3. The van der Waals surface area contributed by atoms with Gasteiger partial charge in [0.1, 0.15) is 0 Å². The largest absolute Gasteiger partial charge is 0.602 e. The number of rotatable bonds is 11. The van der Waals surface area contributed by atoms with Crippen molar-refractivity contribution in [1.82, 2.24) is 0 Å². The van der Waals surface area contributed by atoms with Crippen molar-refractivity contribution in [3.05, 3.63) is 171 Å². The maximum atomic E-state index is 14.1. The Morgan fingerprint density at radius 2 is 0.658 bits per heavy atom. The molecule has 5 aromatic rings. The molecule has 1 aliphatic rings. The van der Waals surface area contributed by atoms with Gasteiger partial charge in [0.05, 0.1) is 6.42 Å². The van der Waals surface area contributed by atoms with E-state index in [9.17, 15) is 9.79 Å². The highest BCUT2D eigenvalue weighted by molar-refractivity contribution is 7.81. The van der Waals surface area contributed by atoms with E-state index in [1.165, 1.54) is 0 Å². The second-order valence-electron chi connectivity index (χ2n) is 29.7. The van der Waals surface area contributed by atoms with Crippen LogP contribution in [0.5, 0.6) is 23.0 Å². The SMILES string of the molecule is CC(C)(C)c1ccc(O[P+](O)(O)C2([P+](Oc3ccc(C(C)(C)C)cc3C(C)(C)C)(Oc3ccc(C(C)(C)C)cc3C(C)(C)C)Oc3ccc(C(C)(C)C)cc3C(C)(C)C)C=CC(c3ccccc3)=CC2)c(C(C)(C)C)c1. The summed E-state index contributed by atoms with van der Waals surface area (Å²) in [6.07, 6.45) is 5.98. The first-order valence-corrected chi connectivity index (χ1v) is 30.6. The van der Waals surface area contributed by atoms with Crippen LogP contribution in [-0.2, 0) is 43.3 Å². The molecule has 0 fully saturated rings. The quantitative estimate of drug-likeness (QED) is 0.128. The molecule has 0 aromatic heterocycles. The van der Waals surface area contributed by atoms with Crippen molar-refractivity contribution in [2.24, 2.45) is 0 Å². The molecule has 0 aliphatic heterocycles. The molecule has 0 saturated carbocycles. The van der Waals surface area contributed by atoms with Crippen LogP contribution >= 0.6 is 15.9 Å². The van der Waals surface area contributed by atoms with Gasteiger partial charge in [-0.1, -0.05) is 251 Å². The minimum Gasteiger partial charge on any atom is -0.282 e. The van der Waals surface area contributed by atoms with Gasteiger partial charge in [0, 0.05) is 28.3 Å². The average molecular weight is 1070 g/mol. The van der Waals surface area contributed by atoms with E-state index in [-0.39, 0.29) is 28.1 Å². The van der Waals surface area contributed by atoms with E-state index in [0.29, 0.717) is 23.0 Å². The molecule has 0 amide bonds. The fourth-order valence-corrected chi connectivity index (χ4v) is 15.0. The molecule has 0 radical (unpaired) electrons. The summed E-state index contributed by atoms with van der Waals surface area (Å²) in [6, 6.07) is 35.5. The molecule has 76 heavy (non-hydrogen) atoms. The lowest BCUT2D eigenvalue weighted by molar-refractivity contribution is 0.284. The van der Waals surface area contributed by atoms with Crippen molar-refractivity contribution in [2.75, 3.05) is 0 Å². The second kappa shape index (κ2) is 20.7. The highest BCUT2D eigenvalue weighted by Crippen LogP contribution is 2.86.